The maximum atomic E-state index is 12.4. The molecule has 5 heteroatoms. The molecule has 102 valence electrons. The molecule has 0 aliphatic heterocycles. The number of hydrogen-bond acceptors (Lipinski definition) is 3. The molecule has 2 N–H and O–H groups in total. The van der Waals surface area contributed by atoms with Crippen LogP contribution in [0.1, 0.15) is 23.0 Å². The van der Waals surface area contributed by atoms with Crippen LogP contribution in [0.2, 0.25) is 5.02 Å². The summed E-state index contributed by atoms with van der Waals surface area (Å²) >= 11 is 6.08. The number of rotatable bonds is 3. The normalized spacial score (nSPS) is 12.7. The predicted octanol–water partition coefficient (Wildman–Crippen LogP) is 2.81. The van der Waals surface area contributed by atoms with Gasteiger partial charge < -0.3 is 15.1 Å². The number of nitrogens with zero attached hydrogens (tertiary/aromatic N) is 1. The van der Waals surface area contributed by atoms with Gasteiger partial charge in [0.05, 0.1) is 5.02 Å². The molecule has 1 aromatic heterocycles. The van der Waals surface area contributed by atoms with E-state index in [9.17, 15) is 4.79 Å². The van der Waals surface area contributed by atoms with Crippen LogP contribution in [-0.4, -0.2) is 30.4 Å². The number of benzene rings is 1. The van der Waals surface area contributed by atoms with E-state index in [-0.39, 0.29) is 11.9 Å². The number of fused-ring (bicyclic) bond motifs is 1. The molecule has 1 aromatic carbocycles. The van der Waals surface area contributed by atoms with Crippen molar-refractivity contribution in [2.45, 2.75) is 19.9 Å². The minimum atomic E-state index is -0.178. The Morgan fingerprint density at radius 3 is 2.79 bits per heavy atom. The molecule has 1 unspecified atom stereocenters. The van der Waals surface area contributed by atoms with Gasteiger partial charge in [-0.15, -0.1) is 0 Å². The molecule has 4 nitrogen and oxygen atoms in total. The van der Waals surface area contributed by atoms with Gasteiger partial charge in [0, 0.05) is 30.6 Å². The van der Waals surface area contributed by atoms with Crippen molar-refractivity contribution in [2.24, 2.45) is 5.73 Å². The molecule has 1 atom stereocenters. The zero-order valence-corrected chi connectivity index (χ0v) is 12.0. The van der Waals surface area contributed by atoms with E-state index in [2.05, 4.69) is 0 Å². The van der Waals surface area contributed by atoms with E-state index in [4.69, 9.17) is 21.8 Å². The van der Waals surface area contributed by atoms with Crippen molar-refractivity contribution < 1.29 is 9.21 Å². The fraction of sp³-hybridized carbons (Fsp3) is 0.357. The number of nitrogens with two attached hydrogens (primary N) is 1. The molecule has 0 fully saturated rings. The Morgan fingerprint density at radius 1 is 1.53 bits per heavy atom. The minimum absolute atomic E-state index is 0.0458. The van der Waals surface area contributed by atoms with E-state index in [0.717, 1.165) is 10.9 Å². The maximum absolute atomic E-state index is 12.4. The highest BCUT2D eigenvalue weighted by molar-refractivity contribution is 6.35. The van der Waals surface area contributed by atoms with Gasteiger partial charge >= 0.3 is 0 Å². The largest absolute Gasteiger partial charge is 0.449 e. The Balaban J connectivity index is 2.49. The van der Waals surface area contributed by atoms with Crippen LogP contribution in [0.3, 0.4) is 0 Å². The number of amides is 1. The molecule has 19 heavy (non-hydrogen) atoms. The van der Waals surface area contributed by atoms with E-state index in [1.165, 1.54) is 0 Å². The van der Waals surface area contributed by atoms with Gasteiger partial charge in [-0.25, -0.2) is 0 Å². The monoisotopic (exact) mass is 280 g/mol. The van der Waals surface area contributed by atoms with Gasteiger partial charge in [0.25, 0.3) is 5.91 Å². The van der Waals surface area contributed by atoms with Crippen molar-refractivity contribution in [3.63, 3.8) is 0 Å². The van der Waals surface area contributed by atoms with Crippen LogP contribution in [-0.2, 0) is 0 Å². The molecule has 0 radical (unpaired) electrons. The molecule has 0 aliphatic rings. The summed E-state index contributed by atoms with van der Waals surface area (Å²) in [6, 6.07) is 5.43. The Kier molecular flexibility index (Phi) is 3.83. The molecule has 0 bridgehead atoms. The number of carbonyl (C=O) groups excluding carboxylic acids is 1. The van der Waals surface area contributed by atoms with E-state index in [1.54, 1.807) is 18.0 Å². The molecule has 2 rings (SSSR count). The van der Waals surface area contributed by atoms with E-state index >= 15 is 0 Å². The van der Waals surface area contributed by atoms with Crippen molar-refractivity contribution in [1.82, 2.24) is 4.90 Å². The minimum Gasteiger partial charge on any atom is -0.449 e. The van der Waals surface area contributed by atoms with Gasteiger partial charge in [0.2, 0.25) is 0 Å². The highest BCUT2D eigenvalue weighted by Gasteiger charge is 2.24. The SMILES string of the molecule is Cc1c(C(=O)N(C)C(C)CN)oc2c(Cl)cccc12. The summed E-state index contributed by atoms with van der Waals surface area (Å²) in [5.74, 6) is 0.147. The van der Waals surface area contributed by atoms with Gasteiger partial charge in [-0.05, 0) is 19.9 Å². The number of hydrogen-bond donors (Lipinski definition) is 1. The average Bonchev–Trinajstić information content (AvgIpc) is 2.75. The summed E-state index contributed by atoms with van der Waals surface area (Å²) in [4.78, 5) is 14.0. The third kappa shape index (κ3) is 2.33. The molecule has 0 aliphatic carbocycles. The van der Waals surface area contributed by atoms with Gasteiger partial charge in [-0.2, -0.15) is 0 Å². The Labute approximate surface area is 117 Å². The summed E-state index contributed by atoms with van der Waals surface area (Å²) in [6.07, 6.45) is 0. The topological polar surface area (TPSA) is 59.5 Å². The van der Waals surface area contributed by atoms with E-state index in [0.29, 0.717) is 22.9 Å². The van der Waals surface area contributed by atoms with E-state index < -0.39 is 0 Å². The Hall–Kier alpha value is -1.52. The summed E-state index contributed by atoms with van der Waals surface area (Å²) in [6.45, 7) is 4.15. The van der Waals surface area contributed by atoms with Crippen molar-refractivity contribution >= 4 is 28.5 Å². The van der Waals surface area contributed by atoms with Crippen molar-refractivity contribution in [1.29, 1.82) is 0 Å². The number of likely N-dealkylation sites (N-methyl/N-ethyl adjacent to an activating group) is 1. The third-order valence-electron chi connectivity index (χ3n) is 3.43. The lowest BCUT2D eigenvalue weighted by molar-refractivity contribution is 0.0717. The molecule has 0 saturated heterocycles. The van der Waals surface area contributed by atoms with Crippen LogP contribution >= 0.6 is 11.6 Å². The molecular weight excluding hydrogens is 264 g/mol. The molecule has 1 amide bonds. The molecule has 0 saturated carbocycles. The van der Waals surface area contributed by atoms with Crippen LogP contribution in [0, 0.1) is 6.92 Å². The quantitative estimate of drug-likeness (QED) is 0.940. The lowest BCUT2D eigenvalue weighted by Crippen LogP contribution is -2.39. The lowest BCUT2D eigenvalue weighted by atomic mass is 10.1. The first-order valence-corrected chi connectivity index (χ1v) is 6.50. The average molecular weight is 281 g/mol. The molecule has 1 heterocycles. The molecule has 2 aromatic rings. The first kappa shape index (κ1) is 13.9. The van der Waals surface area contributed by atoms with Crippen LogP contribution < -0.4 is 5.73 Å². The number of carbonyl (C=O) groups is 1. The summed E-state index contributed by atoms with van der Waals surface area (Å²) < 4.78 is 5.64. The number of aryl methyl sites for hydroxylation is 1. The lowest BCUT2D eigenvalue weighted by Gasteiger charge is -2.22. The second-order valence-corrected chi connectivity index (χ2v) is 5.08. The second-order valence-electron chi connectivity index (χ2n) is 4.67. The second kappa shape index (κ2) is 5.23. The van der Waals surface area contributed by atoms with Gasteiger partial charge in [0.15, 0.2) is 11.3 Å². The molecule has 0 spiro atoms. The predicted molar refractivity (Wildman–Crippen MR) is 76.6 cm³/mol. The van der Waals surface area contributed by atoms with Crippen molar-refractivity contribution in [3.8, 4) is 0 Å². The molecular formula is C14H17ClN2O2. The fourth-order valence-corrected chi connectivity index (χ4v) is 2.14. The standard InChI is InChI=1S/C14H17ClN2O2/c1-8(7-16)17(3)14(18)12-9(2)10-5-4-6-11(15)13(10)19-12/h4-6,8H,7,16H2,1-3H3. The Morgan fingerprint density at radius 2 is 2.21 bits per heavy atom. The summed E-state index contributed by atoms with van der Waals surface area (Å²) in [5.41, 5.74) is 6.94. The summed E-state index contributed by atoms with van der Waals surface area (Å²) in [7, 11) is 1.72. The van der Waals surface area contributed by atoms with Crippen LogP contribution in [0.5, 0.6) is 0 Å². The van der Waals surface area contributed by atoms with Gasteiger partial charge in [-0.1, -0.05) is 23.7 Å². The van der Waals surface area contributed by atoms with Crippen LogP contribution in [0.15, 0.2) is 22.6 Å². The van der Waals surface area contributed by atoms with Crippen molar-refractivity contribution in [2.75, 3.05) is 13.6 Å². The highest BCUT2D eigenvalue weighted by Crippen LogP contribution is 2.31. The zero-order chi connectivity index (χ0) is 14.2. The van der Waals surface area contributed by atoms with Crippen molar-refractivity contribution in [3.05, 3.63) is 34.5 Å². The fourth-order valence-electron chi connectivity index (χ4n) is 1.93. The Bertz CT molecular complexity index is 621. The van der Waals surface area contributed by atoms with E-state index in [1.807, 2.05) is 26.0 Å². The number of para-hydroxylation sites is 1. The number of halogens is 1. The first-order chi connectivity index (χ1) is 8.97. The highest BCUT2D eigenvalue weighted by atomic mass is 35.5. The first-order valence-electron chi connectivity index (χ1n) is 6.12. The summed E-state index contributed by atoms with van der Waals surface area (Å²) in [5, 5.41) is 1.37. The smallest absolute Gasteiger partial charge is 0.289 e. The zero-order valence-electron chi connectivity index (χ0n) is 11.2. The maximum Gasteiger partial charge on any atom is 0.289 e. The van der Waals surface area contributed by atoms with Gasteiger partial charge in [-0.3, -0.25) is 4.79 Å². The number of furan rings is 1. The van der Waals surface area contributed by atoms with Gasteiger partial charge in [0.1, 0.15) is 0 Å². The van der Waals surface area contributed by atoms with Crippen LogP contribution in [0.25, 0.3) is 11.0 Å². The third-order valence-corrected chi connectivity index (χ3v) is 3.73. The van der Waals surface area contributed by atoms with Crippen LogP contribution in [0.4, 0.5) is 0 Å².